The van der Waals surface area contributed by atoms with E-state index in [1.165, 1.54) is 23.3 Å². The molecule has 1 aliphatic carbocycles. The van der Waals surface area contributed by atoms with Gasteiger partial charge in [0.05, 0.1) is 6.54 Å². The van der Waals surface area contributed by atoms with Gasteiger partial charge in [-0.05, 0) is 36.8 Å². The Bertz CT molecular complexity index is 637. The summed E-state index contributed by atoms with van der Waals surface area (Å²) >= 11 is 0. The summed E-state index contributed by atoms with van der Waals surface area (Å²) in [5, 5.41) is 3.38. The molecule has 1 heterocycles. The third kappa shape index (κ3) is 5.68. The number of amides is 1. The molecule has 0 spiro atoms. The van der Waals surface area contributed by atoms with E-state index in [2.05, 4.69) is 68.6 Å². The number of carbonyl (C=O) groups is 1. The van der Waals surface area contributed by atoms with Crippen LogP contribution in [0, 0.1) is 11.8 Å². The lowest BCUT2D eigenvalue weighted by Gasteiger charge is -2.36. The molecule has 0 aromatic heterocycles. The average molecular weight is 386 g/mol. The molecule has 2 fully saturated rings. The molecule has 0 radical (unpaired) electrons. The molecule has 4 atom stereocenters. The summed E-state index contributed by atoms with van der Waals surface area (Å²) in [5.74, 6) is 1.57. The zero-order valence-corrected chi connectivity index (χ0v) is 17.9. The van der Waals surface area contributed by atoms with Crippen LogP contribution in [-0.4, -0.2) is 50.7 Å². The fraction of sp³-hybridized carbons (Fsp3) is 0.625. The van der Waals surface area contributed by atoms with Crippen molar-refractivity contribution in [3.05, 3.63) is 42.0 Å². The lowest BCUT2D eigenvalue weighted by molar-refractivity contribution is -1.02. The standard InChI is InChI=1S/C24H37N3O/c1-19-9-7-13-23(20(19)2)25-24(28)21(3)27-17-15-26(16-18-27)14-8-12-22-10-5-4-6-11-22/h4-6,8,10-12,19-21,23H,7,9,13-18H2,1-3H3,(H,25,28)/p+2/b12-8+/t19-,20-,21-,23-/m1/s1. The molecular formula is C24H39N3O+2. The highest BCUT2D eigenvalue weighted by Crippen LogP contribution is 2.29. The lowest BCUT2D eigenvalue weighted by atomic mass is 9.78. The number of rotatable bonds is 6. The molecule has 1 saturated heterocycles. The SMILES string of the molecule is C[C@@H]1[C@H](C)CCC[C@H]1NC(=O)[C@@H](C)[NH+]1CC[NH+](C/C=C/c2ccccc2)CC1. The minimum atomic E-state index is 0.0610. The lowest BCUT2D eigenvalue weighted by Crippen LogP contribution is -3.30. The van der Waals surface area contributed by atoms with Crippen LogP contribution in [0.15, 0.2) is 36.4 Å². The molecular weight excluding hydrogens is 346 g/mol. The van der Waals surface area contributed by atoms with Gasteiger partial charge in [0.2, 0.25) is 0 Å². The van der Waals surface area contributed by atoms with E-state index in [1.54, 1.807) is 4.90 Å². The number of benzene rings is 1. The molecule has 1 aromatic rings. The molecule has 1 saturated carbocycles. The number of piperazine rings is 1. The Labute approximate surface area is 171 Å². The van der Waals surface area contributed by atoms with Gasteiger partial charge in [-0.25, -0.2) is 0 Å². The number of quaternary nitrogens is 2. The first-order valence-corrected chi connectivity index (χ1v) is 11.2. The molecule has 28 heavy (non-hydrogen) atoms. The smallest absolute Gasteiger partial charge is 0.278 e. The number of nitrogens with one attached hydrogen (secondary N) is 3. The van der Waals surface area contributed by atoms with Crippen LogP contribution in [0.5, 0.6) is 0 Å². The van der Waals surface area contributed by atoms with Crippen LogP contribution >= 0.6 is 0 Å². The highest BCUT2D eigenvalue weighted by Gasteiger charge is 2.34. The van der Waals surface area contributed by atoms with Gasteiger partial charge < -0.3 is 15.1 Å². The topological polar surface area (TPSA) is 38.0 Å². The summed E-state index contributed by atoms with van der Waals surface area (Å²) in [6.07, 6.45) is 8.20. The van der Waals surface area contributed by atoms with Crippen molar-refractivity contribution in [1.29, 1.82) is 0 Å². The molecule has 0 unspecified atom stereocenters. The van der Waals surface area contributed by atoms with Crippen LogP contribution in [-0.2, 0) is 4.79 Å². The van der Waals surface area contributed by atoms with E-state index < -0.39 is 0 Å². The van der Waals surface area contributed by atoms with E-state index >= 15 is 0 Å². The maximum absolute atomic E-state index is 12.8. The first kappa shape index (κ1) is 21.1. The molecule has 0 bridgehead atoms. The van der Waals surface area contributed by atoms with Gasteiger partial charge in [0.25, 0.3) is 5.91 Å². The quantitative estimate of drug-likeness (QED) is 0.666. The predicted molar refractivity (Wildman–Crippen MR) is 115 cm³/mol. The third-order valence-electron chi connectivity index (χ3n) is 7.16. The molecule has 3 rings (SSSR count). The fourth-order valence-corrected chi connectivity index (χ4v) is 4.77. The second-order valence-electron chi connectivity index (χ2n) is 9.03. The highest BCUT2D eigenvalue weighted by molar-refractivity contribution is 5.80. The average Bonchev–Trinajstić information content (AvgIpc) is 2.72. The summed E-state index contributed by atoms with van der Waals surface area (Å²) in [4.78, 5) is 15.9. The Hall–Kier alpha value is -1.65. The van der Waals surface area contributed by atoms with Crippen LogP contribution in [0.2, 0.25) is 0 Å². The number of carbonyl (C=O) groups excluding carboxylic acids is 1. The first-order valence-electron chi connectivity index (χ1n) is 11.2. The summed E-state index contributed by atoms with van der Waals surface area (Å²) in [6.45, 7) is 12.3. The molecule has 3 N–H and O–H groups in total. The molecule has 1 amide bonds. The van der Waals surface area contributed by atoms with Gasteiger partial charge in [0, 0.05) is 6.04 Å². The van der Waals surface area contributed by atoms with Crippen molar-refractivity contribution in [2.75, 3.05) is 32.7 Å². The van der Waals surface area contributed by atoms with E-state index in [1.807, 2.05) is 0 Å². The normalized spacial score (nSPS) is 32.2. The fourth-order valence-electron chi connectivity index (χ4n) is 4.77. The van der Waals surface area contributed by atoms with Gasteiger partial charge in [0.1, 0.15) is 26.2 Å². The minimum absolute atomic E-state index is 0.0610. The van der Waals surface area contributed by atoms with Gasteiger partial charge in [-0.1, -0.05) is 63.1 Å². The van der Waals surface area contributed by atoms with Gasteiger partial charge in [0.15, 0.2) is 6.04 Å². The number of hydrogen-bond donors (Lipinski definition) is 3. The maximum Gasteiger partial charge on any atom is 0.278 e. The van der Waals surface area contributed by atoms with Crippen LogP contribution in [0.25, 0.3) is 6.08 Å². The molecule has 4 heteroatoms. The largest absolute Gasteiger partial charge is 0.348 e. The minimum Gasteiger partial charge on any atom is -0.348 e. The van der Waals surface area contributed by atoms with Crippen molar-refractivity contribution in [2.45, 2.75) is 52.1 Å². The van der Waals surface area contributed by atoms with Crippen molar-refractivity contribution in [2.24, 2.45) is 11.8 Å². The Kier molecular flexibility index (Phi) is 7.69. The van der Waals surface area contributed by atoms with Crippen LogP contribution < -0.4 is 15.1 Å². The molecule has 1 aliphatic heterocycles. The van der Waals surface area contributed by atoms with Crippen LogP contribution in [0.4, 0.5) is 0 Å². The summed E-state index contributed by atoms with van der Waals surface area (Å²) in [5.41, 5.74) is 1.27. The summed E-state index contributed by atoms with van der Waals surface area (Å²) < 4.78 is 0. The van der Waals surface area contributed by atoms with Crippen molar-refractivity contribution >= 4 is 12.0 Å². The Morgan fingerprint density at radius 3 is 2.57 bits per heavy atom. The van der Waals surface area contributed by atoms with Crippen molar-refractivity contribution in [3.63, 3.8) is 0 Å². The van der Waals surface area contributed by atoms with Crippen LogP contribution in [0.1, 0.15) is 45.6 Å². The second kappa shape index (κ2) is 10.2. The third-order valence-corrected chi connectivity index (χ3v) is 7.16. The predicted octanol–water partition coefficient (Wildman–Crippen LogP) is 0.813. The van der Waals surface area contributed by atoms with Gasteiger partial charge in [-0.3, -0.25) is 4.79 Å². The molecule has 154 valence electrons. The van der Waals surface area contributed by atoms with E-state index in [0.717, 1.165) is 45.1 Å². The van der Waals surface area contributed by atoms with E-state index in [0.29, 0.717) is 12.0 Å². The van der Waals surface area contributed by atoms with E-state index in [-0.39, 0.29) is 11.9 Å². The van der Waals surface area contributed by atoms with Crippen molar-refractivity contribution < 1.29 is 14.6 Å². The Morgan fingerprint density at radius 2 is 1.86 bits per heavy atom. The van der Waals surface area contributed by atoms with Crippen molar-refractivity contribution in [3.8, 4) is 0 Å². The first-order chi connectivity index (χ1) is 13.5. The monoisotopic (exact) mass is 385 g/mol. The summed E-state index contributed by atoms with van der Waals surface area (Å²) in [7, 11) is 0. The highest BCUT2D eigenvalue weighted by atomic mass is 16.2. The zero-order chi connectivity index (χ0) is 19.9. The second-order valence-corrected chi connectivity index (χ2v) is 9.03. The van der Waals surface area contributed by atoms with E-state index in [4.69, 9.17) is 0 Å². The Balaban J connectivity index is 1.41. The van der Waals surface area contributed by atoms with Gasteiger partial charge in [-0.2, -0.15) is 0 Å². The zero-order valence-electron chi connectivity index (χ0n) is 17.9. The van der Waals surface area contributed by atoms with Crippen LogP contribution in [0.3, 0.4) is 0 Å². The molecule has 2 aliphatic rings. The van der Waals surface area contributed by atoms with Crippen molar-refractivity contribution in [1.82, 2.24) is 5.32 Å². The van der Waals surface area contributed by atoms with Gasteiger partial charge >= 0.3 is 0 Å². The number of hydrogen-bond acceptors (Lipinski definition) is 1. The maximum atomic E-state index is 12.8. The molecule has 4 nitrogen and oxygen atoms in total. The Morgan fingerprint density at radius 1 is 1.14 bits per heavy atom. The van der Waals surface area contributed by atoms with Gasteiger partial charge in [-0.15, -0.1) is 0 Å². The summed E-state index contributed by atoms with van der Waals surface area (Å²) in [6, 6.07) is 10.9. The van der Waals surface area contributed by atoms with E-state index in [9.17, 15) is 4.79 Å². The molecule has 1 aromatic carbocycles.